The van der Waals surface area contributed by atoms with Gasteiger partial charge in [-0.15, -0.1) is 0 Å². The van der Waals surface area contributed by atoms with Crippen LogP contribution in [0.15, 0.2) is 42.5 Å². The van der Waals surface area contributed by atoms with Crippen LogP contribution in [0.2, 0.25) is 10.0 Å². The highest BCUT2D eigenvalue weighted by atomic mass is 35.5. The smallest absolute Gasteiger partial charge is 0.253 e. The molecule has 3 aromatic rings. The normalized spacial score (nSPS) is 10.7. The lowest BCUT2D eigenvalue weighted by Gasteiger charge is -2.07. The van der Waals surface area contributed by atoms with Crippen LogP contribution < -0.4 is 10.6 Å². The number of amides is 2. The van der Waals surface area contributed by atoms with Crippen LogP contribution >= 0.6 is 23.2 Å². The minimum absolute atomic E-state index is 0.200. The number of aromatic nitrogens is 2. The molecule has 0 saturated heterocycles. The zero-order chi connectivity index (χ0) is 18.0. The van der Waals surface area contributed by atoms with Crippen molar-refractivity contribution in [3.8, 4) is 0 Å². The van der Waals surface area contributed by atoms with Gasteiger partial charge in [-0.3, -0.25) is 14.9 Å². The van der Waals surface area contributed by atoms with Crippen molar-refractivity contribution >= 4 is 52.0 Å². The number of anilines is 1. The standard InChI is InChI=1S/C17H14Cl2N4O2/c1-23-14-7-6-10(18)8-13(14)21-17(23)22-15(24)9-20-16(25)11-4-2-3-5-12(11)19/h2-8H,9H2,1H3,(H,20,25)(H,21,22,24). The number of carbonyl (C=O) groups excluding carboxylic acids is 2. The molecule has 0 radical (unpaired) electrons. The Kier molecular flexibility index (Phi) is 4.92. The SMILES string of the molecule is Cn1c(NC(=O)CNC(=O)c2ccccc2Cl)nc2cc(Cl)ccc21. The first-order chi connectivity index (χ1) is 12.0. The predicted octanol–water partition coefficient (Wildman–Crippen LogP) is 3.25. The topological polar surface area (TPSA) is 76.0 Å². The summed E-state index contributed by atoms with van der Waals surface area (Å²) in [5.74, 6) is -0.448. The van der Waals surface area contributed by atoms with Crippen molar-refractivity contribution in [1.29, 1.82) is 0 Å². The van der Waals surface area contributed by atoms with Gasteiger partial charge in [0, 0.05) is 12.1 Å². The molecule has 128 valence electrons. The number of rotatable bonds is 4. The summed E-state index contributed by atoms with van der Waals surface area (Å²) in [7, 11) is 1.78. The highest BCUT2D eigenvalue weighted by Crippen LogP contribution is 2.21. The summed E-state index contributed by atoms with van der Waals surface area (Å²) in [6.07, 6.45) is 0. The van der Waals surface area contributed by atoms with Gasteiger partial charge >= 0.3 is 0 Å². The van der Waals surface area contributed by atoms with Gasteiger partial charge < -0.3 is 9.88 Å². The number of hydrogen-bond acceptors (Lipinski definition) is 3. The lowest BCUT2D eigenvalue weighted by atomic mass is 10.2. The number of nitrogens with zero attached hydrogens (tertiary/aromatic N) is 2. The minimum Gasteiger partial charge on any atom is -0.343 e. The summed E-state index contributed by atoms with van der Waals surface area (Å²) in [6, 6.07) is 11.9. The Balaban J connectivity index is 1.66. The maximum atomic E-state index is 12.1. The van der Waals surface area contributed by atoms with Crippen molar-refractivity contribution in [2.24, 2.45) is 7.05 Å². The van der Waals surface area contributed by atoms with Crippen molar-refractivity contribution in [1.82, 2.24) is 14.9 Å². The van der Waals surface area contributed by atoms with Gasteiger partial charge in [-0.1, -0.05) is 35.3 Å². The quantitative estimate of drug-likeness (QED) is 0.733. The molecule has 25 heavy (non-hydrogen) atoms. The van der Waals surface area contributed by atoms with Crippen LogP contribution in [0, 0.1) is 0 Å². The molecule has 0 saturated carbocycles. The zero-order valence-corrected chi connectivity index (χ0v) is 14.7. The molecule has 0 aliphatic rings. The molecule has 3 rings (SSSR count). The van der Waals surface area contributed by atoms with Gasteiger partial charge in [-0.25, -0.2) is 4.98 Å². The number of hydrogen-bond donors (Lipinski definition) is 2. The number of imidazole rings is 1. The fourth-order valence-corrected chi connectivity index (χ4v) is 2.74. The predicted molar refractivity (Wildman–Crippen MR) is 98.1 cm³/mol. The summed E-state index contributed by atoms with van der Waals surface area (Å²) >= 11 is 11.9. The number of fused-ring (bicyclic) bond motifs is 1. The first kappa shape index (κ1) is 17.3. The fourth-order valence-electron chi connectivity index (χ4n) is 2.35. The van der Waals surface area contributed by atoms with Gasteiger partial charge in [0.25, 0.3) is 5.91 Å². The summed E-state index contributed by atoms with van der Waals surface area (Å²) in [6.45, 7) is -0.200. The third kappa shape index (κ3) is 3.75. The lowest BCUT2D eigenvalue weighted by Crippen LogP contribution is -2.33. The first-order valence-electron chi connectivity index (χ1n) is 7.40. The second kappa shape index (κ2) is 7.13. The summed E-state index contributed by atoms with van der Waals surface area (Å²) in [5, 5.41) is 6.08. The largest absolute Gasteiger partial charge is 0.343 e. The summed E-state index contributed by atoms with van der Waals surface area (Å²) in [4.78, 5) is 28.5. The molecule has 0 atom stereocenters. The van der Waals surface area contributed by atoms with E-state index in [2.05, 4.69) is 15.6 Å². The molecule has 1 heterocycles. The van der Waals surface area contributed by atoms with Crippen LogP contribution in [0.5, 0.6) is 0 Å². The Morgan fingerprint density at radius 1 is 1.16 bits per heavy atom. The van der Waals surface area contributed by atoms with Gasteiger partial charge in [-0.2, -0.15) is 0 Å². The monoisotopic (exact) mass is 376 g/mol. The highest BCUT2D eigenvalue weighted by Gasteiger charge is 2.14. The van der Waals surface area contributed by atoms with Crippen molar-refractivity contribution in [3.63, 3.8) is 0 Å². The van der Waals surface area contributed by atoms with Crippen molar-refractivity contribution in [3.05, 3.63) is 58.1 Å². The van der Waals surface area contributed by atoms with Crippen molar-refractivity contribution in [2.45, 2.75) is 0 Å². The Bertz CT molecular complexity index is 968. The second-order valence-corrected chi connectivity index (χ2v) is 6.18. The van der Waals surface area contributed by atoms with E-state index in [-0.39, 0.29) is 6.54 Å². The van der Waals surface area contributed by atoms with E-state index >= 15 is 0 Å². The molecule has 0 aliphatic carbocycles. The molecule has 0 bridgehead atoms. The van der Waals surface area contributed by atoms with E-state index in [1.54, 1.807) is 48.0 Å². The Labute approximate surface area is 153 Å². The van der Waals surface area contributed by atoms with E-state index in [4.69, 9.17) is 23.2 Å². The summed E-state index contributed by atoms with van der Waals surface area (Å²) in [5.41, 5.74) is 1.82. The maximum Gasteiger partial charge on any atom is 0.253 e. The molecular weight excluding hydrogens is 363 g/mol. The highest BCUT2D eigenvalue weighted by molar-refractivity contribution is 6.33. The van der Waals surface area contributed by atoms with Gasteiger partial charge in [0.15, 0.2) is 0 Å². The molecule has 0 fully saturated rings. The van der Waals surface area contributed by atoms with Crippen LogP contribution in [0.25, 0.3) is 11.0 Å². The van der Waals surface area contributed by atoms with Crippen LogP contribution in [0.4, 0.5) is 5.95 Å². The van der Waals surface area contributed by atoms with E-state index in [1.165, 1.54) is 0 Å². The molecular formula is C17H14Cl2N4O2. The number of benzene rings is 2. The second-order valence-electron chi connectivity index (χ2n) is 5.34. The molecule has 8 heteroatoms. The van der Waals surface area contributed by atoms with Gasteiger partial charge in [-0.05, 0) is 30.3 Å². The zero-order valence-electron chi connectivity index (χ0n) is 13.2. The van der Waals surface area contributed by atoms with Crippen LogP contribution in [0.1, 0.15) is 10.4 Å². The molecule has 1 aromatic heterocycles. The number of nitrogens with one attached hydrogen (secondary N) is 2. The fraction of sp³-hybridized carbons (Fsp3) is 0.118. The first-order valence-corrected chi connectivity index (χ1v) is 8.16. The third-order valence-electron chi connectivity index (χ3n) is 3.62. The van der Waals surface area contributed by atoms with Crippen molar-refractivity contribution in [2.75, 3.05) is 11.9 Å². The average Bonchev–Trinajstić information content (AvgIpc) is 2.88. The molecule has 2 amide bonds. The Morgan fingerprint density at radius 2 is 1.92 bits per heavy atom. The van der Waals surface area contributed by atoms with Crippen LogP contribution in [-0.4, -0.2) is 27.9 Å². The van der Waals surface area contributed by atoms with E-state index in [1.807, 2.05) is 6.07 Å². The van der Waals surface area contributed by atoms with Gasteiger partial charge in [0.1, 0.15) is 0 Å². The van der Waals surface area contributed by atoms with E-state index in [9.17, 15) is 9.59 Å². The van der Waals surface area contributed by atoms with Crippen molar-refractivity contribution < 1.29 is 9.59 Å². The van der Waals surface area contributed by atoms with Gasteiger partial charge in [0.05, 0.1) is 28.2 Å². The minimum atomic E-state index is -0.419. The Hall–Kier alpha value is -2.57. The summed E-state index contributed by atoms with van der Waals surface area (Å²) < 4.78 is 1.74. The lowest BCUT2D eigenvalue weighted by molar-refractivity contribution is -0.115. The maximum absolute atomic E-state index is 12.1. The third-order valence-corrected chi connectivity index (χ3v) is 4.19. The number of carbonyl (C=O) groups is 2. The van der Waals surface area contributed by atoms with Crippen LogP contribution in [0.3, 0.4) is 0 Å². The van der Waals surface area contributed by atoms with E-state index < -0.39 is 11.8 Å². The molecule has 0 unspecified atom stereocenters. The molecule has 2 aromatic carbocycles. The molecule has 6 nitrogen and oxygen atoms in total. The van der Waals surface area contributed by atoms with E-state index in [0.717, 1.165) is 5.52 Å². The Morgan fingerprint density at radius 3 is 2.68 bits per heavy atom. The molecule has 2 N–H and O–H groups in total. The molecule has 0 spiro atoms. The van der Waals surface area contributed by atoms with Gasteiger partial charge in [0.2, 0.25) is 11.9 Å². The molecule has 0 aliphatic heterocycles. The number of halogens is 2. The van der Waals surface area contributed by atoms with E-state index in [0.29, 0.717) is 27.1 Å². The average molecular weight is 377 g/mol. The number of aryl methyl sites for hydroxylation is 1. The van der Waals surface area contributed by atoms with Crippen LogP contribution in [-0.2, 0) is 11.8 Å².